The van der Waals surface area contributed by atoms with Crippen molar-refractivity contribution in [3.63, 3.8) is 0 Å². The van der Waals surface area contributed by atoms with Crippen LogP contribution in [0.5, 0.6) is 0 Å². The Morgan fingerprint density at radius 3 is 3.06 bits per heavy atom. The quantitative estimate of drug-likeness (QED) is 0.816. The molecule has 0 fully saturated rings. The van der Waals surface area contributed by atoms with Gasteiger partial charge >= 0.3 is 0 Å². The standard InChI is InChI=1S/C12H16ClN3/c13-11-8-14-9-16-12(11)15-7-6-10-4-2-1-3-5-10/h4,8-9H,1-3,5-7H2,(H,14,15,16). The molecule has 86 valence electrons. The number of hydrogen-bond acceptors (Lipinski definition) is 3. The Morgan fingerprint density at radius 1 is 1.38 bits per heavy atom. The van der Waals surface area contributed by atoms with E-state index in [1.807, 2.05) is 0 Å². The minimum absolute atomic E-state index is 0.583. The van der Waals surface area contributed by atoms with E-state index in [2.05, 4.69) is 21.4 Å². The first kappa shape index (κ1) is 11.4. The highest BCUT2D eigenvalue weighted by atomic mass is 35.5. The van der Waals surface area contributed by atoms with E-state index in [-0.39, 0.29) is 0 Å². The molecule has 0 saturated heterocycles. The molecule has 1 heterocycles. The van der Waals surface area contributed by atoms with Crippen LogP contribution in [0.4, 0.5) is 5.82 Å². The number of anilines is 1. The van der Waals surface area contributed by atoms with E-state index in [0.29, 0.717) is 5.02 Å². The molecule has 4 heteroatoms. The van der Waals surface area contributed by atoms with Gasteiger partial charge in [0.05, 0.1) is 6.20 Å². The van der Waals surface area contributed by atoms with Crippen molar-refractivity contribution in [2.75, 3.05) is 11.9 Å². The van der Waals surface area contributed by atoms with E-state index < -0.39 is 0 Å². The maximum Gasteiger partial charge on any atom is 0.148 e. The molecule has 1 aliphatic carbocycles. The zero-order chi connectivity index (χ0) is 11.2. The van der Waals surface area contributed by atoms with Crippen LogP contribution < -0.4 is 5.32 Å². The number of nitrogens with zero attached hydrogens (tertiary/aromatic N) is 2. The second-order valence-electron chi connectivity index (χ2n) is 4.00. The summed E-state index contributed by atoms with van der Waals surface area (Å²) in [5, 5.41) is 3.82. The van der Waals surface area contributed by atoms with Crippen molar-refractivity contribution in [2.24, 2.45) is 0 Å². The number of nitrogens with one attached hydrogen (secondary N) is 1. The molecule has 1 N–H and O–H groups in total. The molecule has 0 saturated carbocycles. The van der Waals surface area contributed by atoms with E-state index in [9.17, 15) is 0 Å². The van der Waals surface area contributed by atoms with Gasteiger partial charge in [0.15, 0.2) is 0 Å². The van der Waals surface area contributed by atoms with Gasteiger partial charge in [0.2, 0.25) is 0 Å². The summed E-state index contributed by atoms with van der Waals surface area (Å²) < 4.78 is 0. The first-order chi connectivity index (χ1) is 7.86. The lowest BCUT2D eigenvalue weighted by molar-refractivity contribution is 0.679. The van der Waals surface area contributed by atoms with Gasteiger partial charge in [-0.15, -0.1) is 0 Å². The second-order valence-corrected chi connectivity index (χ2v) is 4.41. The van der Waals surface area contributed by atoms with Crippen LogP contribution in [-0.4, -0.2) is 16.5 Å². The van der Waals surface area contributed by atoms with Crippen LogP contribution in [0.2, 0.25) is 5.02 Å². The van der Waals surface area contributed by atoms with Crippen molar-refractivity contribution in [3.05, 3.63) is 29.2 Å². The Bertz CT molecular complexity index is 376. The third-order valence-corrected chi connectivity index (χ3v) is 3.07. The zero-order valence-corrected chi connectivity index (χ0v) is 10.0. The highest BCUT2D eigenvalue weighted by molar-refractivity contribution is 6.32. The molecule has 0 amide bonds. The Kier molecular flexibility index (Phi) is 4.17. The van der Waals surface area contributed by atoms with Crippen molar-refractivity contribution in [2.45, 2.75) is 32.1 Å². The molecule has 0 aliphatic heterocycles. The molecule has 1 aromatic rings. The SMILES string of the molecule is Clc1cncnc1NCCC1=CCCCC1. The fourth-order valence-electron chi connectivity index (χ4n) is 1.92. The normalized spacial score (nSPS) is 15.7. The van der Waals surface area contributed by atoms with Gasteiger partial charge in [-0.3, -0.25) is 0 Å². The zero-order valence-electron chi connectivity index (χ0n) is 9.25. The van der Waals surface area contributed by atoms with Crippen LogP contribution in [0.3, 0.4) is 0 Å². The minimum Gasteiger partial charge on any atom is -0.368 e. The third-order valence-electron chi connectivity index (χ3n) is 2.79. The number of allylic oxidation sites excluding steroid dienone is 1. The number of hydrogen-bond donors (Lipinski definition) is 1. The molecule has 1 aromatic heterocycles. The van der Waals surface area contributed by atoms with Crippen LogP contribution in [-0.2, 0) is 0 Å². The molecular weight excluding hydrogens is 222 g/mol. The molecule has 0 aromatic carbocycles. The molecule has 0 unspecified atom stereocenters. The van der Waals surface area contributed by atoms with E-state index in [1.54, 1.807) is 11.8 Å². The van der Waals surface area contributed by atoms with E-state index in [0.717, 1.165) is 18.8 Å². The lowest BCUT2D eigenvalue weighted by Gasteiger charge is -2.13. The summed E-state index contributed by atoms with van der Waals surface area (Å²) >= 11 is 5.94. The Morgan fingerprint density at radius 2 is 2.31 bits per heavy atom. The van der Waals surface area contributed by atoms with Crippen LogP contribution >= 0.6 is 11.6 Å². The van der Waals surface area contributed by atoms with Gasteiger partial charge in [0.25, 0.3) is 0 Å². The van der Waals surface area contributed by atoms with Gasteiger partial charge in [0.1, 0.15) is 17.2 Å². The van der Waals surface area contributed by atoms with Gasteiger partial charge in [-0.25, -0.2) is 9.97 Å². The molecule has 3 nitrogen and oxygen atoms in total. The highest BCUT2D eigenvalue weighted by Crippen LogP contribution is 2.21. The van der Waals surface area contributed by atoms with Gasteiger partial charge in [-0.1, -0.05) is 23.3 Å². The van der Waals surface area contributed by atoms with Crippen molar-refractivity contribution in [1.82, 2.24) is 9.97 Å². The van der Waals surface area contributed by atoms with E-state index >= 15 is 0 Å². The predicted octanol–water partition coefficient (Wildman–Crippen LogP) is 3.43. The monoisotopic (exact) mass is 237 g/mol. The Balaban J connectivity index is 1.80. The van der Waals surface area contributed by atoms with Gasteiger partial charge in [-0.2, -0.15) is 0 Å². The van der Waals surface area contributed by atoms with Gasteiger partial charge < -0.3 is 5.32 Å². The van der Waals surface area contributed by atoms with Crippen LogP contribution in [0, 0.1) is 0 Å². The lowest BCUT2D eigenvalue weighted by atomic mass is 9.97. The molecule has 2 rings (SSSR count). The number of halogens is 1. The van der Waals surface area contributed by atoms with Crippen LogP contribution in [0.25, 0.3) is 0 Å². The molecule has 0 radical (unpaired) electrons. The van der Waals surface area contributed by atoms with Gasteiger partial charge in [0, 0.05) is 6.54 Å². The minimum atomic E-state index is 0.583. The molecule has 1 aliphatic rings. The fraction of sp³-hybridized carbons (Fsp3) is 0.500. The number of rotatable bonds is 4. The van der Waals surface area contributed by atoms with Crippen LogP contribution in [0.15, 0.2) is 24.2 Å². The van der Waals surface area contributed by atoms with Gasteiger partial charge in [-0.05, 0) is 32.1 Å². The first-order valence-corrected chi connectivity index (χ1v) is 6.11. The maximum absolute atomic E-state index is 5.94. The summed E-state index contributed by atoms with van der Waals surface area (Å²) in [6.07, 6.45) is 11.7. The van der Waals surface area contributed by atoms with Crippen molar-refractivity contribution < 1.29 is 0 Å². The molecule has 0 atom stereocenters. The van der Waals surface area contributed by atoms with E-state index in [1.165, 1.54) is 32.0 Å². The molecular formula is C12H16ClN3. The summed E-state index contributed by atoms with van der Waals surface area (Å²) in [7, 11) is 0. The molecule has 0 bridgehead atoms. The van der Waals surface area contributed by atoms with Crippen molar-refractivity contribution in [3.8, 4) is 0 Å². The molecule has 0 spiro atoms. The average Bonchev–Trinajstić information content (AvgIpc) is 2.33. The first-order valence-electron chi connectivity index (χ1n) is 5.73. The predicted molar refractivity (Wildman–Crippen MR) is 66.7 cm³/mol. The summed E-state index contributed by atoms with van der Waals surface area (Å²) in [5.74, 6) is 0.730. The summed E-state index contributed by atoms with van der Waals surface area (Å²) in [4.78, 5) is 7.94. The maximum atomic E-state index is 5.94. The Hall–Kier alpha value is -1.09. The molecule has 16 heavy (non-hydrogen) atoms. The lowest BCUT2D eigenvalue weighted by Crippen LogP contribution is -2.06. The van der Waals surface area contributed by atoms with E-state index in [4.69, 9.17) is 11.6 Å². The summed E-state index contributed by atoms with van der Waals surface area (Å²) in [5.41, 5.74) is 1.56. The highest BCUT2D eigenvalue weighted by Gasteiger charge is 2.04. The van der Waals surface area contributed by atoms with Crippen molar-refractivity contribution >= 4 is 17.4 Å². The van der Waals surface area contributed by atoms with Crippen molar-refractivity contribution in [1.29, 1.82) is 0 Å². The average molecular weight is 238 g/mol. The fourth-order valence-corrected chi connectivity index (χ4v) is 2.09. The topological polar surface area (TPSA) is 37.8 Å². The van der Waals surface area contributed by atoms with Crippen LogP contribution in [0.1, 0.15) is 32.1 Å². The second kappa shape index (κ2) is 5.85. The smallest absolute Gasteiger partial charge is 0.148 e. The summed E-state index contributed by atoms with van der Waals surface area (Å²) in [6, 6.07) is 0. The number of aromatic nitrogens is 2. The Labute approximate surface area is 101 Å². The largest absolute Gasteiger partial charge is 0.368 e. The summed E-state index contributed by atoms with van der Waals surface area (Å²) in [6.45, 7) is 0.891. The third kappa shape index (κ3) is 3.20.